The number of rotatable bonds is 4. The molecule has 1 heterocycles. The Morgan fingerprint density at radius 2 is 2.00 bits per heavy atom. The van der Waals surface area contributed by atoms with Crippen LogP contribution in [0.25, 0.3) is 0 Å². The lowest BCUT2D eigenvalue weighted by Gasteiger charge is -2.04. The van der Waals surface area contributed by atoms with E-state index in [1.165, 1.54) is 6.39 Å². The van der Waals surface area contributed by atoms with Crippen molar-refractivity contribution in [2.75, 3.05) is 0 Å². The summed E-state index contributed by atoms with van der Waals surface area (Å²) in [6, 6.07) is 7.36. The lowest BCUT2D eigenvalue weighted by Crippen LogP contribution is -2.23. The molecule has 0 atom stereocenters. The minimum Gasteiger partial charge on any atom is -0.438 e. The fourth-order valence-electron chi connectivity index (χ4n) is 1.54. The van der Waals surface area contributed by atoms with Gasteiger partial charge in [-0.25, -0.2) is 4.98 Å². The van der Waals surface area contributed by atoms with Gasteiger partial charge in [0.25, 0.3) is 5.91 Å². The van der Waals surface area contributed by atoms with Crippen molar-refractivity contribution in [2.45, 2.75) is 20.1 Å². The molecule has 0 unspecified atom stereocenters. The summed E-state index contributed by atoms with van der Waals surface area (Å²) in [7, 11) is 0. The molecule has 0 saturated carbocycles. The summed E-state index contributed by atoms with van der Waals surface area (Å²) in [5.74, 6) is -0.0433. The number of benzene rings is 1. The van der Waals surface area contributed by atoms with Gasteiger partial charge in [-0.2, -0.15) is 0 Å². The van der Waals surface area contributed by atoms with E-state index in [2.05, 4.69) is 10.3 Å². The molecule has 2 rings (SSSR count). The van der Waals surface area contributed by atoms with Gasteiger partial charge in [-0.3, -0.25) is 4.79 Å². The Labute approximate surface area is 104 Å². The number of nitrogens with one attached hydrogen (secondary N) is 1. The van der Waals surface area contributed by atoms with E-state index in [4.69, 9.17) is 9.52 Å². The van der Waals surface area contributed by atoms with Gasteiger partial charge in [0.1, 0.15) is 0 Å². The number of aliphatic hydroxyl groups is 1. The van der Waals surface area contributed by atoms with Crippen LogP contribution in [0, 0.1) is 6.92 Å². The minimum absolute atomic E-state index is 0.0178. The van der Waals surface area contributed by atoms with Gasteiger partial charge in [0.15, 0.2) is 6.39 Å². The molecule has 0 bridgehead atoms. The van der Waals surface area contributed by atoms with E-state index < -0.39 is 0 Å². The van der Waals surface area contributed by atoms with Crippen molar-refractivity contribution in [3.05, 3.63) is 53.2 Å². The maximum atomic E-state index is 11.7. The van der Waals surface area contributed by atoms with Crippen LogP contribution in [-0.4, -0.2) is 16.0 Å². The number of hydrogen-bond donors (Lipinski definition) is 2. The third kappa shape index (κ3) is 2.75. The summed E-state index contributed by atoms with van der Waals surface area (Å²) >= 11 is 0. The molecule has 1 amide bonds. The molecule has 0 aliphatic carbocycles. The monoisotopic (exact) mass is 246 g/mol. The third-order valence-electron chi connectivity index (χ3n) is 2.61. The average molecular weight is 246 g/mol. The zero-order valence-electron chi connectivity index (χ0n) is 10.0. The number of amides is 1. The number of carbonyl (C=O) groups is 1. The fourth-order valence-corrected chi connectivity index (χ4v) is 1.54. The van der Waals surface area contributed by atoms with Crippen LogP contribution in [-0.2, 0) is 13.2 Å². The predicted octanol–water partition coefficient (Wildman–Crippen LogP) is 1.41. The highest BCUT2D eigenvalue weighted by Gasteiger charge is 2.12. The van der Waals surface area contributed by atoms with E-state index in [0.29, 0.717) is 12.2 Å². The smallest absolute Gasteiger partial charge is 0.289 e. The molecule has 0 saturated heterocycles. The summed E-state index contributed by atoms with van der Waals surface area (Å²) in [4.78, 5) is 15.6. The van der Waals surface area contributed by atoms with E-state index >= 15 is 0 Å². The second kappa shape index (κ2) is 5.46. The number of nitrogens with zero attached hydrogens (tertiary/aromatic N) is 1. The number of aromatic nitrogens is 1. The third-order valence-corrected chi connectivity index (χ3v) is 2.61. The van der Waals surface area contributed by atoms with Crippen LogP contribution in [0.2, 0.25) is 0 Å². The maximum absolute atomic E-state index is 11.7. The predicted molar refractivity (Wildman–Crippen MR) is 64.8 cm³/mol. The van der Waals surface area contributed by atoms with Crippen molar-refractivity contribution in [3.63, 3.8) is 0 Å². The molecule has 18 heavy (non-hydrogen) atoms. The summed E-state index contributed by atoms with van der Waals surface area (Å²) in [5.41, 5.74) is 2.37. The van der Waals surface area contributed by atoms with E-state index in [-0.39, 0.29) is 18.3 Å². The highest BCUT2D eigenvalue weighted by Crippen LogP contribution is 2.07. The molecule has 2 N–H and O–H groups in total. The highest BCUT2D eigenvalue weighted by molar-refractivity contribution is 5.92. The van der Waals surface area contributed by atoms with Gasteiger partial charge in [-0.1, -0.05) is 24.3 Å². The molecule has 1 aromatic heterocycles. The van der Waals surface area contributed by atoms with Gasteiger partial charge in [0, 0.05) is 6.54 Å². The first-order chi connectivity index (χ1) is 8.70. The quantitative estimate of drug-likeness (QED) is 0.855. The van der Waals surface area contributed by atoms with Crippen molar-refractivity contribution < 1.29 is 14.3 Å². The topological polar surface area (TPSA) is 75.4 Å². The molecule has 1 aromatic carbocycles. The van der Waals surface area contributed by atoms with Gasteiger partial charge in [0.05, 0.1) is 12.3 Å². The number of hydrogen-bond acceptors (Lipinski definition) is 4. The molecule has 0 aliphatic heterocycles. The van der Waals surface area contributed by atoms with Crippen molar-refractivity contribution in [3.8, 4) is 0 Å². The summed E-state index contributed by atoms with van der Waals surface area (Å²) < 4.78 is 4.99. The molecule has 2 aromatic rings. The zero-order valence-corrected chi connectivity index (χ0v) is 10.0. The van der Waals surface area contributed by atoms with Crippen LogP contribution >= 0.6 is 0 Å². The van der Waals surface area contributed by atoms with Crippen LogP contribution in [0.15, 0.2) is 35.1 Å². The minimum atomic E-state index is -0.281. The van der Waals surface area contributed by atoms with Crippen molar-refractivity contribution >= 4 is 5.91 Å². The molecule has 94 valence electrons. The Morgan fingerprint density at radius 3 is 2.56 bits per heavy atom. The standard InChI is InChI=1S/C13H14N2O3/c1-9-12(18-8-15-9)13(17)14-6-10-2-4-11(7-16)5-3-10/h2-5,8,16H,6-7H2,1H3,(H,14,17). The maximum Gasteiger partial charge on any atom is 0.289 e. The fraction of sp³-hybridized carbons (Fsp3) is 0.231. The first-order valence-electron chi connectivity index (χ1n) is 5.57. The van der Waals surface area contributed by atoms with Gasteiger partial charge in [-0.15, -0.1) is 0 Å². The molecule has 0 radical (unpaired) electrons. The van der Waals surface area contributed by atoms with Crippen LogP contribution in [0.1, 0.15) is 27.4 Å². The Morgan fingerprint density at radius 1 is 1.33 bits per heavy atom. The number of aryl methyl sites for hydroxylation is 1. The Hall–Kier alpha value is -2.14. The second-order valence-electron chi connectivity index (χ2n) is 3.92. The largest absolute Gasteiger partial charge is 0.438 e. The normalized spacial score (nSPS) is 10.3. The first kappa shape index (κ1) is 12.3. The Kier molecular flexibility index (Phi) is 3.74. The SMILES string of the molecule is Cc1ncoc1C(=O)NCc1ccc(CO)cc1. The highest BCUT2D eigenvalue weighted by atomic mass is 16.3. The van der Waals surface area contributed by atoms with E-state index in [1.54, 1.807) is 6.92 Å². The molecule has 0 fully saturated rings. The van der Waals surface area contributed by atoms with Gasteiger partial charge in [-0.05, 0) is 18.1 Å². The molecule has 0 aliphatic rings. The summed E-state index contributed by atoms with van der Waals surface area (Å²) in [5, 5.41) is 11.7. The Balaban J connectivity index is 1.95. The van der Waals surface area contributed by atoms with Gasteiger partial charge in [0.2, 0.25) is 5.76 Å². The number of aliphatic hydroxyl groups excluding tert-OH is 1. The van der Waals surface area contributed by atoms with E-state index in [9.17, 15) is 4.79 Å². The first-order valence-corrected chi connectivity index (χ1v) is 5.57. The van der Waals surface area contributed by atoms with Crippen LogP contribution in [0.3, 0.4) is 0 Å². The zero-order chi connectivity index (χ0) is 13.0. The van der Waals surface area contributed by atoms with Crippen molar-refractivity contribution in [2.24, 2.45) is 0 Å². The average Bonchev–Trinajstić information content (AvgIpc) is 2.83. The summed E-state index contributed by atoms with van der Waals surface area (Å²) in [6.07, 6.45) is 1.25. The number of oxazole rings is 1. The van der Waals surface area contributed by atoms with Crippen LogP contribution in [0.5, 0.6) is 0 Å². The number of carbonyl (C=O) groups excluding carboxylic acids is 1. The molecule has 5 heteroatoms. The van der Waals surface area contributed by atoms with E-state index in [1.807, 2.05) is 24.3 Å². The van der Waals surface area contributed by atoms with E-state index in [0.717, 1.165) is 11.1 Å². The van der Waals surface area contributed by atoms with Gasteiger partial charge < -0.3 is 14.8 Å². The second-order valence-corrected chi connectivity index (χ2v) is 3.92. The van der Waals surface area contributed by atoms with Crippen molar-refractivity contribution in [1.29, 1.82) is 0 Å². The lowest BCUT2D eigenvalue weighted by molar-refractivity contribution is 0.0922. The summed E-state index contributed by atoms with van der Waals surface area (Å²) in [6.45, 7) is 2.14. The van der Waals surface area contributed by atoms with Crippen LogP contribution < -0.4 is 5.32 Å². The van der Waals surface area contributed by atoms with Crippen LogP contribution in [0.4, 0.5) is 0 Å². The van der Waals surface area contributed by atoms with Crippen molar-refractivity contribution in [1.82, 2.24) is 10.3 Å². The molecular formula is C13H14N2O3. The lowest BCUT2D eigenvalue weighted by atomic mass is 10.1. The van der Waals surface area contributed by atoms with Gasteiger partial charge >= 0.3 is 0 Å². The molecule has 5 nitrogen and oxygen atoms in total. The molecule has 0 spiro atoms. The Bertz CT molecular complexity index is 531. The molecular weight excluding hydrogens is 232 g/mol.